The van der Waals surface area contributed by atoms with Gasteiger partial charge in [-0.05, 0) is 94.5 Å². The fourth-order valence-electron chi connectivity index (χ4n) is 4.51. The summed E-state index contributed by atoms with van der Waals surface area (Å²) in [5, 5.41) is 0. The van der Waals surface area contributed by atoms with Crippen LogP contribution in [0.3, 0.4) is 0 Å². The Morgan fingerprint density at radius 1 is 1.03 bits per heavy atom. The van der Waals surface area contributed by atoms with Crippen LogP contribution < -0.4 is 9.64 Å². The maximum absolute atomic E-state index is 14.1. The van der Waals surface area contributed by atoms with Crippen molar-refractivity contribution in [3.05, 3.63) is 52.6 Å². The number of hydrogen-bond acceptors (Lipinski definition) is 5. The van der Waals surface area contributed by atoms with E-state index in [4.69, 9.17) is 4.74 Å². The minimum Gasteiger partial charge on any atom is -0.494 e. The maximum atomic E-state index is 14.1. The summed E-state index contributed by atoms with van der Waals surface area (Å²) in [6, 6.07) is 7.07. The van der Waals surface area contributed by atoms with Crippen LogP contribution in [0.25, 0.3) is 0 Å². The highest BCUT2D eigenvalue weighted by atomic mass is 32.2. The standard InChI is InChI=1S/C26H34N2O5S/c1-8-18(5)28(34(31,32)25-19(6)16(3)14-17(4)20(25)7)23-15-24(29)27(26(23)30)21-10-12-22(13-11-21)33-9-2/h10-14,18,23H,8-9,15H2,1-7H3. The van der Waals surface area contributed by atoms with Gasteiger partial charge in [0, 0.05) is 6.04 Å². The summed E-state index contributed by atoms with van der Waals surface area (Å²) in [4.78, 5) is 27.8. The molecular formula is C26H34N2O5S. The summed E-state index contributed by atoms with van der Waals surface area (Å²) in [5.74, 6) is -0.319. The number of anilines is 1. The molecule has 1 aliphatic rings. The summed E-state index contributed by atoms with van der Waals surface area (Å²) >= 11 is 0. The fraction of sp³-hybridized carbons (Fsp3) is 0.462. The Labute approximate surface area is 202 Å². The Hall–Kier alpha value is -2.71. The van der Waals surface area contributed by atoms with Crippen molar-refractivity contribution in [2.45, 2.75) is 78.3 Å². The van der Waals surface area contributed by atoms with E-state index in [9.17, 15) is 18.0 Å². The van der Waals surface area contributed by atoms with Crippen molar-refractivity contribution in [3.8, 4) is 5.75 Å². The van der Waals surface area contributed by atoms with Crippen molar-refractivity contribution in [2.75, 3.05) is 11.5 Å². The molecule has 0 aliphatic carbocycles. The number of imide groups is 1. The number of benzene rings is 2. The predicted molar refractivity (Wildman–Crippen MR) is 133 cm³/mol. The highest BCUT2D eigenvalue weighted by molar-refractivity contribution is 7.89. The van der Waals surface area contributed by atoms with Gasteiger partial charge in [-0.1, -0.05) is 13.0 Å². The van der Waals surface area contributed by atoms with Crippen LogP contribution in [0.15, 0.2) is 35.2 Å². The molecular weight excluding hydrogens is 452 g/mol. The lowest BCUT2D eigenvalue weighted by Crippen LogP contribution is -2.49. The number of aryl methyl sites for hydroxylation is 2. The minimum absolute atomic E-state index is 0.196. The third-order valence-corrected chi connectivity index (χ3v) is 8.99. The third-order valence-electron chi connectivity index (χ3n) is 6.69. The van der Waals surface area contributed by atoms with E-state index in [1.54, 1.807) is 45.0 Å². The van der Waals surface area contributed by atoms with Crippen LogP contribution in [0.2, 0.25) is 0 Å². The van der Waals surface area contributed by atoms with Crippen molar-refractivity contribution >= 4 is 27.5 Å². The third kappa shape index (κ3) is 4.49. The van der Waals surface area contributed by atoms with E-state index in [1.807, 2.05) is 33.8 Å². The predicted octanol–water partition coefficient (Wildman–Crippen LogP) is 4.44. The Balaban J connectivity index is 2.08. The summed E-state index contributed by atoms with van der Waals surface area (Å²) in [5.41, 5.74) is 3.47. The van der Waals surface area contributed by atoms with Gasteiger partial charge in [0.2, 0.25) is 15.9 Å². The number of rotatable bonds is 8. The largest absolute Gasteiger partial charge is 0.494 e. The highest BCUT2D eigenvalue weighted by Crippen LogP contribution is 2.35. The van der Waals surface area contributed by atoms with Crippen molar-refractivity contribution in [1.82, 2.24) is 4.31 Å². The van der Waals surface area contributed by atoms with E-state index in [1.165, 1.54) is 4.31 Å². The van der Waals surface area contributed by atoms with Crippen LogP contribution in [-0.2, 0) is 19.6 Å². The molecule has 8 heteroatoms. The van der Waals surface area contributed by atoms with Gasteiger partial charge in [-0.25, -0.2) is 13.3 Å². The molecule has 2 unspecified atom stereocenters. The summed E-state index contributed by atoms with van der Waals surface area (Å²) < 4.78 is 34.9. The average molecular weight is 487 g/mol. The molecule has 34 heavy (non-hydrogen) atoms. The number of hydrogen-bond donors (Lipinski definition) is 0. The minimum atomic E-state index is -4.06. The smallest absolute Gasteiger partial charge is 0.252 e. The molecule has 0 spiro atoms. The molecule has 0 aromatic heterocycles. The molecule has 0 saturated carbocycles. The monoisotopic (exact) mass is 486 g/mol. The first-order valence-corrected chi connectivity index (χ1v) is 13.1. The quantitative estimate of drug-likeness (QED) is 0.515. The van der Waals surface area contributed by atoms with Crippen molar-refractivity contribution in [1.29, 1.82) is 0 Å². The summed E-state index contributed by atoms with van der Waals surface area (Å²) in [7, 11) is -4.06. The van der Waals surface area contributed by atoms with Gasteiger partial charge >= 0.3 is 0 Å². The molecule has 184 valence electrons. The van der Waals surface area contributed by atoms with Gasteiger partial charge in [0.15, 0.2) is 0 Å². The second-order valence-corrected chi connectivity index (χ2v) is 10.7. The first kappa shape index (κ1) is 25.9. The van der Waals surface area contributed by atoms with E-state index < -0.39 is 33.9 Å². The Morgan fingerprint density at radius 3 is 2.09 bits per heavy atom. The van der Waals surface area contributed by atoms with Crippen LogP contribution in [0.4, 0.5) is 5.69 Å². The highest BCUT2D eigenvalue weighted by Gasteiger charge is 2.49. The number of sulfonamides is 1. The molecule has 0 radical (unpaired) electrons. The number of ether oxygens (including phenoxy) is 1. The molecule has 7 nitrogen and oxygen atoms in total. The summed E-state index contributed by atoms with van der Waals surface area (Å²) in [6.07, 6.45) is 0.307. The zero-order chi connectivity index (χ0) is 25.4. The molecule has 1 saturated heterocycles. The van der Waals surface area contributed by atoms with Gasteiger partial charge in [0.1, 0.15) is 11.8 Å². The van der Waals surface area contributed by atoms with Crippen LogP contribution >= 0.6 is 0 Å². The molecule has 2 aromatic carbocycles. The second kappa shape index (κ2) is 9.88. The molecule has 1 aliphatic heterocycles. The second-order valence-electron chi connectivity index (χ2n) is 8.90. The number of amides is 2. The SMILES string of the molecule is CCOc1ccc(N2C(=O)CC(N(C(C)CC)S(=O)(=O)c3c(C)c(C)cc(C)c3C)C2=O)cc1. The first-order valence-electron chi connectivity index (χ1n) is 11.7. The van der Waals surface area contributed by atoms with Crippen LogP contribution in [0, 0.1) is 27.7 Å². The molecule has 3 rings (SSSR count). The zero-order valence-corrected chi connectivity index (χ0v) is 21.8. The molecule has 2 aromatic rings. The van der Waals surface area contributed by atoms with Gasteiger partial charge in [-0.15, -0.1) is 0 Å². The van der Waals surface area contributed by atoms with Crippen molar-refractivity contribution < 1.29 is 22.7 Å². The Bertz CT molecular complexity index is 1180. The lowest BCUT2D eigenvalue weighted by atomic mass is 10.0. The fourth-order valence-corrected chi connectivity index (χ4v) is 6.94. The topological polar surface area (TPSA) is 84.0 Å². The number of carbonyl (C=O) groups is 2. The van der Waals surface area contributed by atoms with Gasteiger partial charge in [0.05, 0.1) is 23.6 Å². The van der Waals surface area contributed by atoms with Crippen LogP contribution in [-0.4, -0.2) is 43.2 Å². The molecule has 1 heterocycles. The van der Waals surface area contributed by atoms with Gasteiger partial charge in [-0.2, -0.15) is 4.31 Å². The lowest BCUT2D eigenvalue weighted by molar-refractivity contribution is -0.122. The molecule has 2 atom stereocenters. The van der Waals surface area contributed by atoms with Gasteiger partial charge in [-0.3, -0.25) is 9.59 Å². The van der Waals surface area contributed by atoms with Crippen molar-refractivity contribution in [3.63, 3.8) is 0 Å². The summed E-state index contributed by atoms with van der Waals surface area (Å²) in [6.45, 7) is 13.4. The molecule has 1 fully saturated rings. The van der Waals surface area contributed by atoms with Crippen molar-refractivity contribution in [2.24, 2.45) is 0 Å². The van der Waals surface area contributed by atoms with Crippen LogP contribution in [0.5, 0.6) is 5.75 Å². The molecule has 0 N–H and O–H groups in total. The van der Waals surface area contributed by atoms with E-state index in [0.717, 1.165) is 16.0 Å². The van der Waals surface area contributed by atoms with Gasteiger partial charge in [0.25, 0.3) is 5.91 Å². The van der Waals surface area contributed by atoms with E-state index in [0.29, 0.717) is 35.6 Å². The van der Waals surface area contributed by atoms with E-state index in [2.05, 4.69) is 0 Å². The normalized spacial score (nSPS) is 17.5. The maximum Gasteiger partial charge on any atom is 0.252 e. The van der Waals surface area contributed by atoms with E-state index >= 15 is 0 Å². The number of carbonyl (C=O) groups excluding carboxylic acids is 2. The average Bonchev–Trinajstić information content (AvgIpc) is 3.06. The number of nitrogens with zero attached hydrogens (tertiary/aromatic N) is 2. The Kier molecular flexibility index (Phi) is 7.53. The van der Waals surface area contributed by atoms with Gasteiger partial charge < -0.3 is 4.74 Å². The molecule has 2 amide bonds. The Morgan fingerprint density at radius 2 is 1.59 bits per heavy atom. The van der Waals surface area contributed by atoms with Crippen LogP contribution in [0.1, 0.15) is 55.9 Å². The first-order chi connectivity index (χ1) is 15.9. The van der Waals surface area contributed by atoms with E-state index in [-0.39, 0.29) is 11.3 Å². The molecule has 0 bridgehead atoms. The zero-order valence-electron chi connectivity index (χ0n) is 21.0. The lowest BCUT2D eigenvalue weighted by Gasteiger charge is -2.33.